The summed E-state index contributed by atoms with van der Waals surface area (Å²) in [5.74, 6) is 0. The van der Waals surface area contributed by atoms with Crippen molar-refractivity contribution < 1.29 is 0 Å². The Hall–Kier alpha value is -1.69. The molecule has 0 saturated carbocycles. The Bertz CT molecular complexity index is 1530. The van der Waals surface area contributed by atoms with Crippen molar-refractivity contribution in [3.63, 3.8) is 0 Å². The summed E-state index contributed by atoms with van der Waals surface area (Å²) in [7, 11) is -3.35. The molecule has 2 aliphatic rings. The second kappa shape index (κ2) is 6.00. The summed E-state index contributed by atoms with van der Waals surface area (Å²) in [6.07, 6.45) is 5.38. The summed E-state index contributed by atoms with van der Waals surface area (Å²) in [5, 5.41) is 17.0. The zero-order chi connectivity index (χ0) is 21.1. The van der Waals surface area contributed by atoms with Gasteiger partial charge in [0.25, 0.3) is 0 Å². The van der Waals surface area contributed by atoms with Crippen LogP contribution in [0.1, 0.15) is 39.5 Å². The average Bonchev–Trinajstić information content (AvgIpc) is 3.36. The molecule has 0 spiro atoms. The van der Waals surface area contributed by atoms with Crippen LogP contribution < -0.4 is 20.7 Å². The molecule has 0 saturated heterocycles. The van der Waals surface area contributed by atoms with Gasteiger partial charge in [0.2, 0.25) is 0 Å². The molecule has 2 aliphatic heterocycles. The SMILES string of the molecule is CCCC[Si]1(CCCC)c2ccc3c4c2c2c1ccc1sc5ccc(c4c5c12)[Si]3(C)C. The van der Waals surface area contributed by atoms with Crippen molar-refractivity contribution in [1.29, 1.82) is 0 Å². The Morgan fingerprint density at radius 3 is 1.58 bits per heavy atom. The smallest absolute Gasteiger partial charge is 0.119 e. The van der Waals surface area contributed by atoms with Crippen LogP contribution in [0.3, 0.4) is 0 Å². The summed E-state index contributed by atoms with van der Waals surface area (Å²) in [6, 6.07) is 18.2. The maximum absolute atomic E-state index is 2.65. The van der Waals surface area contributed by atoms with Crippen LogP contribution in [-0.2, 0) is 0 Å². The Labute approximate surface area is 190 Å². The molecule has 3 heterocycles. The lowest BCUT2D eigenvalue weighted by Crippen LogP contribution is -2.56. The van der Waals surface area contributed by atoms with Crippen LogP contribution in [-0.4, -0.2) is 16.1 Å². The molecule has 0 aliphatic carbocycles. The highest BCUT2D eigenvalue weighted by atomic mass is 32.1. The third-order valence-corrected chi connectivity index (χ3v) is 18.8. The molecule has 0 unspecified atom stereocenters. The van der Waals surface area contributed by atoms with Crippen LogP contribution in [0.15, 0.2) is 36.4 Å². The minimum Gasteiger partial charge on any atom is -0.135 e. The van der Waals surface area contributed by atoms with Gasteiger partial charge in [0.1, 0.15) is 16.1 Å². The highest BCUT2D eigenvalue weighted by molar-refractivity contribution is 7.26. The molecule has 4 aromatic carbocycles. The van der Waals surface area contributed by atoms with Crippen molar-refractivity contribution in [3.05, 3.63) is 36.4 Å². The quantitative estimate of drug-likeness (QED) is 0.205. The first kappa shape index (κ1) is 18.8. The zero-order valence-electron chi connectivity index (χ0n) is 19.1. The molecule has 0 radical (unpaired) electrons. The van der Waals surface area contributed by atoms with Crippen LogP contribution in [0, 0.1) is 0 Å². The van der Waals surface area contributed by atoms with Gasteiger partial charge in [-0.25, -0.2) is 0 Å². The summed E-state index contributed by atoms with van der Waals surface area (Å²) < 4.78 is 3.03. The molecule has 7 rings (SSSR count). The fourth-order valence-electron chi connectivity index (χ4n) is 7.34. The average molecular weight is 455 g/mol. The molecule has 0 atom stereocenters. The van der Waals surface area contributed by atoms with E-state index in [1.54, 1.807) is 47.9 Å². The monoisotopic (exact) mass is 454 g/mol. The predicted molar refractivity (Wildman–Crippen MR) is 147 cm³/mol. The van der Waals surface area contributed by atoms with Gasteiger partial charge in [-0.3, -0.25) is 0 Å². The molecule has 0 nitrogen and oxygen atoms in total. The lowest BCUT2D eigenvalue weighted by molar-refractivity contribution is 0.839. The van der Waals surface area contributed by atoms with E-state index in [9.17, 15) is 0 Å². The highest BCUT2D eigenvalue weighted by Crippen LogP contribution is 2.48. The second-order valence-electron chi connectivity index (χ2n) is 10.6. The minimum absolute atomic E-state index is 1.31. The van der Waals surface area contributed by atoms with Gasteiger partial charge in [0.05, 0.1) is 0 Å². The van der Waals surface area contributed by atoms with Crippen LogP contribution in [0.4, 0.5) is 0 Å². The summed E-state index contributed by atoms with van der Waals surface area (Å²) in [4.78, 5) is 0. The number of hydrogen-bond acceptors (Lipinski definition) is 1. The van der Waals surface area contributed by atoms with Crippen molar-refractivity contribution in [1.82, 2.24) is 0 Å². The van der Waals surface area contributed by atoms with Gasteiger partial charge in [-0.2, -0.15) is 0 Å². The normalized spacial score (nSPS) is 17.7. The molecule has 0 fully saturated rings. The maximum Gasteiger partial charge on any atom is 0.119 e. The molecule has 0 N–H and O–H groups in total. The van der Waals surface area contributed by atoms with E-state index in [0.717, 1.165) is 0 Å². The molecule has 0 amide bonds. The lowest BCUT2D eigenvalue weighted by Gasteiger charge is -2.31. The molecule has 1 aromatic heterocycles. The molecule has 31 heavy (non-hydrogen) atoms. The molecular formula is C28H30SSi2. The minimum atomic E-state index is -1.72. The summed E-state index contributed by atoms with van der Waals surface area (Å²) in [5.41, 5.74) is 0. The Morgan fingerprint density at radius 2 is 1.00 bits per heavy atom. The Morgan fingerprint density at radius 1 is 0.581 bits per heavy atom. The standard InChI is InChI=1S/C28H30SSi2/c1-5-7-15-31(16-8-6-2)21-12-10-18-24-23-17(29-18)9-11-19-25(23)26-20(30(19,3)4)13-14-22(31)28(26)27(21)24/h9-14H,5-8,15-16H2,1-4H3. The van der Waals surface area contributed by atoms with Crippen molar-refractivity contribution in [3.8, 4) is 0 Å². The lowest BCUT2D eigenvalue weighted by atomic mass is 9.95. The van der Waals surface area contributed by atoms with E-state index < -0.39 is 16.1 Å². The number of benzene rings is 4. The van der Waals surface area contributed by atoms with Crippen LogP contribution in [0.2, 0.25) is 25.2 Å². The Kier molecular flexibility index (Phi) is 3.65. The second-order valence-corrected chi connectivity index (χ2v) is 20.3. The topological polar surface area (TPSA) is 0 Å². The van der Waals surface area contributed by atoms with Gasteiger partial charge in [-0.1, -0.05) is 76.9 Å². The van der Waals surface area contributed by atoms with Crippen LogP contribution >= 0.6 is 11.3 Å². The molecule has 3 heteroatoms. The van der Waals surface area contributed by atoms with E-state index in [1.807, 2.05) is 16.5 Å². The van der Waals surface area contributed by atoms with Crippen molar-refractivity contribution in [2.24, 2.45) is 0 Å². The van der Waals surface area contributed by atoms with Gasteiger partial charge < -0.3 is 0 Å². The van der Waals surface area contributed by atoms with Gasteiger partial charge >= 0.3 is 0 Å². The first-order valence-electron chi connectivity index (χ1n) is 12.3. The molecule has 156 valence electrons. The van der Waals surface area contributed by atoms with Gasteiger partial charge in [0.15, 0.2) is 0 Å². The van der Waals surface area contributed by atoms with Crippen molar-refractivity contribution >= 4 is 89.9 Å². The zero-order valence-corrected chi connectivity index (χ0v) is 21.9. The molecule has 0 bridgehead atoms. The van der Waals surface area contributed by atoms with Gasteiger partial charge in [0, 0.05) is 20.2 Å². The van der Waals surface area contributed by atoms with E-state index in [1.165, 1.54) is 47.2 Å². The molecule has 5 aromatic rings. The van der Waals surface area contributed by atoms with Crippen LogP contribution in [0.5, 0.6) is 0 Å². The fraction of sp³-hybridized carbons (Fsp3) is 0.357. The van der Waals surface area contributed by atoms with Gasteiger partial charge in [-0.15, -0.1) is 11.3 Å². The first-order chi connectivity index (χ1) is 15.0. The van der Waals surface area contributed by atoms with E-state index in [0.29, 0.717) is 0 Å². The van der Waals surface area contributed by atoms with E-state index in [2.05, 4.69) is 63.3 Å². The fourth-order valence-corrected chi connectivity index (χ4v) is 17.3. The first-order valence-corrected chi connectivity index (χ1v) is 18.5. The third kappa shape index (κ3) is 1.99. The van der Waals surface area contributed by atoms with Crippen molar-refractivity contribution in [2.45, 2.75) is 64.7 Å². The van der Waals surface area contributed by atoms with Crippen LogP contribution in [0.25, 0.3) is 41.7 Å². The van der Waals surface area contributed by atoms with E-state index in [4.69, 9.17) is 0 Å². The number of thiophene rings is 1. The maximum atomic E-state index is 2.65. The number of unbranched alkanes of at least 4 members (excludes halogenated alkanes) is 2. The highest BCUT2D eigenvalue weighted by Gasteiger charge is 2.47. The molecular weight excluding hydrogens is 425 g/mol. The van der Waals surface area contributed by atoms with E-state index >= 15 is 0 Å². The summed E-state index contributed by atoms with van der Waals surface area (Å²) in [6.45, 7) is 9.93. The predicted octanol–water partition coefficient (Wildman–Crippen LogP) is 6.41. The third-order valence-electron chi connectivity index (χ3n) is 8.80. The summed E-state index contributed by atoms with van der Waals surface area (Å²) >= 11 is 2.03. The number of rotatable bonds is 6. The van der Waals surface area contributed by atoms with Gasteiger partial charge in [-0.05, 0) is 66.5 Å². The van der Waals surface area contributed by atoms with E-state index in [-0.39, 0.29) is 0 Å². The largest absolute Gasteiger partial charge is 0.135 e. The number of hydrogen-bond donors (Lipinski definition) is 0. The Balaban J connectivity index is 1.75. The van der Waals surface area contributed by atoms with Crippen molar-refractivity contribution in [2.75, 3.05) is 0 Å².